The third kappa shape index (κ3) is 12.6. The Bertz CT molecular complexity index is 261. The van der Waals surface area contributed by atoms with Crippen LogP contribution >= 0.6 is 24.4 Å². The van der Waals surface area contributed by atoms with E-state index in [2.05, 4.69) is 55.4 Å². The molecule has 0 N–H and O–H groups in total. The second kappa shape index (κ2) is 13.9. The molecule has 0 aliphatic heterocycles. The molecule has 21 heavy (non-hydrogen) atoms. The van der Waals surface area contributed by atoms with E-state index >= 15 is 0 Å². The van der Waals surface area contributed by atoms with Crippen molar-refractivity contribution in [1.82, 2.24) is 9.80 Å². The summed E-state index contributed by atoms with van der Waals surface area (Å²) in [6, 6.07) is 1.69. The standard InChI is InChI=1S/2C7H15NS2.Ca/c2*1-5(2)8(6(3)4)7(9)10;/h2*5-6H,1-4H3,(H,9,10);/q;;+2/p-2. The molecule has 0 rings (SSSR count). The zero-order valence-electron chi connectivity index (χ0n) is 14.5. The Morgan fingerprint density at radius 3 is 0.762 bits per heavy atom. The molecule has 0 aliphatic carbocycles. The van der Waals surface area contributed by atoms with Crippen molar-refractivity contribution < 1.29 is 0 Å². The number of thiocarbonyl (C=S) groups is 2. The van der Waals surface area contributed by atoms with Crippen LogP contribution < -0.4 is 0 Å². The fourth-order valence-corrected chi connectivity index (χ4v) is 3.72. The van der Waals surface area contributed by atoms with Crippen molar-refractivity contribution >= 4 is 96.1 Å². The molecule has 0 aromatic rings. The largest absolute Gasteiger partial charge is 2.00 e. The SMILES string of the molecule is CC(C)N(C(=S)[S-])C(C)C.CC(C)N(C(=S)[S-])C(C)C.[Ca+2]. The fraction of sp³-hybridized carbons (Fsp3) is 0.857. The first-order chi connectivity index (χ1) is 8.93. The quantitative estimate of drug-likeness (QED) is 0.407. The minimum absolute atomic E-state index is 0. The molecule has 0 aromatic heterocycles. The second-order valence-corrected chi connectivity index (χ2v) is 7.78. The predicted molar refractivity (Wildman–Crippen MR) is 110 cm³/mol. The molecular formula is C14H28CaN2S4. The third-order valence-electron chi connectivity index (χ3n) is 2.65. The van der Waals surface area contributed by atoms with Crippen LogP contribution in [0, 0.1) is 0 Å². The van der Waals surface area contributed by atoms with E-state index in [9.17, 15) is 0 Å². The van der Waals surface area contributed by atoms with E-state index in [1.165, 1.54) is 0 Å². The maximum Gasteiger partial charge on any atom is 2.00 e. The molecule has 0 saturated carbocycles. The molecule has 0 radical (unpaired) electrons. The van der Waals surface area contributed by atoms with E-state index in [1.807, 2.05) is 9.80 Å². The van der Waals surface area contributed by atoms with Crippen LogP contribution in [-0.4, -0.2) is 80.3 Å². The van der Waals surface area contributed by atoms with Gasteiger partial charge in [-0.2, -0.15) is 0 Å². The Morgan fingerprint density at radius 2 is 0.762 bits per heavy atom. The van der Waals surface area contributed by atoms with Gasteiger partial charge < -0.3 is 59.5 Å². The second-order valence-electron chi connectivity index (χ2n) is 5.72. The molecule has 0 saturated heterocycles. The third-order valence-corrected chi connectivity index (χ3v) is 3.49. The van der Waals surface area contributed by atoms with Gasteiger partial charge in [0.15, 0.2) is 0 Å². The number of hydrogen-bond donors (Lipinski definition) is 0. The van der Waals surface area contributed by atoms with Crippen molar-refractivity contribution in [3.05, 3.63) is 0 Å². The van der Waals surface area contributed by atoms with Gasteiger partial charge in [0.2, 0.25) is 0 Å². The van der Waals surface area contributed by atoms with Gasteiger partial charge in [0.25, 0.3) is 0 Å². The average Bonchev–Trinajstić information content (AvgIpc) is 2.12. The molecule has 7 heteroatoms. The molecule has 0 unspecified atom stereocenters. The summed E-state index contributed by atoms with van der Waals surface area (Å²) in [7, 11) is 0. The van der Waals surface area contributed by atoms with Gasteiger partial charge in [0.1, 0.15) is 0 Å². The zero-order valence-corrected chi connectivity index (χ0v) is 20.0. The van der Waals surface area contributed by atoms with Gasteiger partial charge in [0.05, 0.1) is 0 Å². The normalized spacial score (nSPS) is 10.1. The van der Waals surface area contributed by atoms with Crippen molar-refractivity contribution in [2.45, 2.75) is 79.6 Å². The van der Waals surface area contributed by atoms with Gasteiger partial charge in [-0.05, 0) is 55.4 Å². The molecule has 0 fully saturated rings. The van der Waals surface area contributed by atoms with Crippen LogP contribution in [0.4, 0.5) is 0 Å². The minimum Gasteiger partial charge on any atom is -0.411 e. The monoisotopic (exact) mass is 392 g/mol. The average molecular weight is 393 g/mol. The molecule has 0 bridgehead atoms. The van der Waals surface area contributed by atoms with Crippen molar-refractivity contribution in [3.8, 4) is 0 Å². The van der Waals surface area contributed by atoms with Crippen molar-refractivity contribution in [2.75, 3.05) is 0 Å². The topological polar surface area (TPSA) is 6.48 Å². The summed E-state index contributed by atoms with van der Waals surface area (Å²) in [5.41, 5.74) is 0. The van der Waals surface area contributed by atoms with Crippen molar-refractivity contribution in [2.24, 2.45) is 0 Å². The fourth-order valence-electron chi connectivity index (χ4n) is 2.04. The van der Waals surface area contributed by atoms with Crippen LogP contribution in [0.25, 0.3) is 0 Å². The number of nitrogens with zero attached hydrogens (tertiary/aromatic N) is 2. The molecule has 0 aliphatic rings. The van der Waals surface area contributed by atoms with E-state index < -0.39 is 0 Å². The smallest absolute Gasteiger partial charge is 0.411 e. The van der Waals surface area contributed by atoms with E-state index in [1.54, 1.807) is 0 Å². The van der Waals surface area contributed by atoms with Crippen LogP contribution in [0.1, 0.15) is 55.4 Å². The molecule has 0 heterocycles. The van der Waals surface area contributed by atoms with Gasteiger partial charge in [-0.3, -0.25) is 0 Å². The molecule has 2 nitrogen and oxygen atoms in total. The minimum atomic E-state index is 0. The first kappa shape index (κ1) is 27.3. The zero-order chi connectivity index (χ0) is 16.6. The molecule has 0 atom stereocenters. The van der Waals surface area contributed by atoms with Gasteiger partial charge in [-0.15, -0.1) is 0 Å². The molecule has 0 spiro atoms. The summed E-state index contributed by atoms with van der Waals surface area (Å²) in [5.74, 6) is 0. The van der Waals surface area contributed by atoms with Crippen LogP contribution in [0.15, 0.2) is 0 Å². The molecule has 0 amide bonds. The van der Waals surface area contributed by atoms with E-state index in [0.717, 1.165) is 0 Å². The maximum atomic E-state index is 4.91. The van der Waals surface area contributed by atoms with Crippen LogP contribution in [-0.2, 0) is 25.3 Å². The summed E-state index contributed by atoms with van der Waals surface area (Å²) in [6.07, 6.45) is 0. The van der Waals surface area contributed by atoms with E-state index in [4.69, 9.17) is 49.7 Å². The first-order valence-corrected chi connectivity index (χ1v) is 8.55. The Kier molecular flexibility index (Phi) is 18.1. The Balaban J connectivity index is -0.000000295. The van der Waals surface area contributed by atoms with Crippen LogP contribution in [0.3, 0.4) is 0 Å². The van der Waals surface area contributed by atoms with Crippen molar-refractivity contribution in [1.29, 1.82) is 0 Å². The summed E-state index contributed by atoms with van der Waals surface area (Å²) >= 11 is 19.6. The predicted octanol–water partition coefficient (Wildman–Crippen LogP) is 3.49. The number of rotatable bonds is 4. The summed E-state index contributed by atoms with van der Waals surface area (Å²) in [6.45, 7) is 16.8. The Labute approximate surface area is 183 Å². The van der Waals surface area contributed by atoms with E-state index in [0.29, 0.717) is 32.8 Å². The maximum absolute atomic E-state index is 4.91. The first-order valence-electron chi connectivity index (χ1n) is 6.92. The molecule has 120 valence electrons. The number of hydrogen-bond acceptors (Lipinski definition) is 4. The van der Waals surface area contributed by atoms with Gasteiger partial charge in [0, 0.05) is 24.2 Å². The molecule has 0 aromatic carbocycles. The molecular weight excluding hydrogens is 365 g/mol. The van der Waals surface area contributed by atoms with Crippen LogP contribution in [0.5, 0.6) is 0 Å². The van der Waals surface area contributed by atoms with Crippen molar-refractivity contribution in [3.63, 3.8) is 0 Å². The van der Waals surface area contributed by atoms with Crippen LogP contribution in [0.2, 0.25) is 0 Å². The van der Waals surface area contributed by atoms with E-state index in [-0.39, 0.29) is 37.7 Å². The van der Waals surface area contributed by atoms with Gasteiger partial charge in [-0.25, -0.2) is 0 Å². The Hall–Kier alpha value is 1.48. The van der Waals surface area contributed by atoms with Gasteiger partial charge in [-0.1, -0.05) is 8.64 Å². The summed E-state index contributed by atoms with van der Waals surface area (Å²) < 4.78 is 1.15. The summed E-state index contributed by atoms with van der Waals surface area (Å²) in [5, 5.41) is 0. The Morgan fingerprint density at radius 1 is 0.619 bits per heavy atom. The summed E-state index contributed by atoms with van der Waals surface area (Å²) in [4.78, 5) is 4.09. The van der Waals surface area contributed by atoms with Gasteiger partial charge >= 0.3 is 37.7 Å².